The van der Waals surface area contributed by atoms with Crippen LogP contribution in [0.3, 0.4) is 0 Å². The highest BCUT2D eigenvalue weighted by Gasteiger charge is 2.77. The molecule has 10 rings (SSSR count). The fourth-order valence-electron chi connectivity index (χ4n) is 10.9. The third-order valence-corrected chi connectivity index (χ3v) is 13.5. The molecule has 2 aliphatic carbocycles. The van der Waals surface area contributed by atoms with E-state index in [4.69, 9.17) is 43.2 Å². The van der Waals surface area contributed by atoms with Crippen molar-refractivity contribution in [1.29, 1.82) is 0 Å². The summed E-state index contributed by atoms with van der Waals surface area (Å²) < 4.78 is 119. The third-order valence-electron chi connectivity index (χ3n) is 13.5. The predicted molar refractivity (Wildman–Crippen MR) is 158 cm³/mol. The minimum atomic E-state index is -4.97. The zero-order valence-electron chi connectivity index (χ0n) is 28.9. The maximum Gasteiger partial charge on any atom is 0.449 e. The number of rotatable bonds is 6. The lowest BCUT2D eigenvalue weighted by Gasteiger charge is -2.62. The molecule has 14 atom stereocenters. The molecule has 4 bridgehead atoms. The number of fused-ring (bicyclic) bond motifs is 4. The number of nitrogens with one attached hydrogen (secondary N) is 1. The first-order chi connectivity index (χ1) is 23.4. The minimum Gasteiger partial charge on any atom is -0.456 e. The molecule has 0 aromatic heterocycles. The molecule has 2 spiro atoms. The van der Waals surface area contributed by atoms with Crippen molar-refractivity contribution in [2.75, 3.05) is 19.7 Å². The molecule has 284 valence electrons. The molecule has 50 heavy (non-hydrogen) atoms. The zero-order valence-corrected chi connectivity index (χ0v) is 28.9. The fourth-order valence-corrected chi connectivity index (χ4v) is 10.9. The number of hydrogen-bond acceptors (Lipinski definition) is 10. The van der Waals surface area contributed by atoms with Crippen molar-refractivity contribution in [2.24, 2.45) is 41.4 Å². The van der Waals surface area contributed by atoms with Crippen molar-refractivity contribution in [2.45, 2.75) is 139 Å². The van der Waals surface area contributed by atoms with Gasteiger partial charge in [0.25, 0.3) is 5.79 Å². The summed E-state index contributed by atoms with van der Waals surface area (Å²) >= 11 is 0. The Kier molecular flexibility index (Phi) is 8.32. The number of halogens is 6. The number of alkyl halides is 6. The summed E-state index contributed by atoms with van der Waals surface area (Å²) in [5.74, 6) is -9.45. The summed E-state index contributed by atoms with van der Waals surface area (Å²) in [4.78, 5) is 23.4. The van der Waals surface area contributed by atoms with Crippen LogP contribution in [0.2, 0.25) is 0 Å². The second-order valence-corrected chi connectivity index (χ2v) is 16.3. The summed E-state index contributed by atoms with van der Waals surface area (Å²) in [5.41, 5.74) is -2.61. The van der Waals surface area contributed by atoms with Gasteiger partial charge in [-0.25, -0.2) is 19.6 Å². The van der Waals surface area contributed by atoms with Gasteiger partial charge in [0, 0.05) is 49.6 Å². The van der Waals surface area contributed by atoms with Crippen LogP contribution in [0.25, 0.3) is 0 Å². The largest absolute Gasteiger partial charge is 0.456 e. The molecular formula is C34H47F6NO9. The molecule has 8 heterocycles. The van der Waals surface area contributed by atoms with Gasteiger partial charge in [0.1, 0.15) is 0 Å². The molecular weight excluding hydrogens is 680 g/mol. The van der Waals surface area contributed by atoms with Crippen LogP contribution in [-0.4, -0.2) is 73.2 Å². The third kappa shape index (κ3) is 5.01. The molecule has 10 aliphatic rings. The molecule has 8 aliphatic heterocycles. The lowest BCUT2D eigenvalue weighted by molar-refractivity contribution is -0.598. The van der Waals surface area contributed by atoms with E-state index in [9.17, 15) is 13.2 Å². The van der Waals surface area contributed by atoms with Crippen LogP contribution in [0.1, 0.15) is 86.0 Å². The summed E-state index contributed by atoms with van der Waals surface area (Å²) in [6.45, 7) is 7.75. The first-order valence-corrected chi connectivity index (χ1v) is 18.0. The zero-order chi connectivity index (χ0) is 35.7. The van der Waals surface area contributed by atoms with Crippen LogP contribution in [0.5, 0.6) is 0 Å². The van der Waals surface area contributed by atoms with Crippen molar-refractivity contribution in [3.8, 4) is 0 Å². The minimum absolute atomic E-state index is 0.0752. The molecule has 0 amide bonds. The van der Waals surface area contributed by atoms with E-state index in [0.29, 0.717) is 51.4 Å². The highest BCUT2D eigenvalue weighted by atomic mass is 19.4. The molecule has 10 nitrogen and oxygen atoms in total. The quantitative estimate of drug-likeness (QED) is 0.179. The Labute approximate surface area is 286 Å². The smallest absolute Gasteiger partial charge is 0.449 e. The monoisotopic (exact) mass is 727 g/mol. The first kappa shape index (κ1) is 35.8. The van der Waals surface area contributed by atoms with Crippen molar-refractivity contribution < 1.29 is 69.6 Å². The van der Waals surface area contributed by atoms with Crippen LogP contribution in [0, 0.1) is 41.4 Å². The van der Waals surface area contributed by atoms with E-state index < -0.39 is 83.6 Å². The van der Waals surface area contributed by atoms with Gasteiger partial charge in [-0.3, -0.25) is 0 Å². The van der Waals surface area contributed by atoms with Crippen molar-refractivity contribution in [3.63, 3.8) is 0 Å². The normalized spacial score (nSPS) is 51.4. The molecule has 0 aromatic rings. The highest BCUT2D eigenvalue weighted by molar-refractivity contribution is 5.29. The molecule has 7 saturated heterocycles. The van der Waals surface area contributed by atoms with Gasteiger partial charge < -0.3 is 29.0 Å². The van der Waals surface area contributed by atoms with E-state index in [1.165, 1.54) is 6.92 Å². The van der Waals surface area contributed by atoms with Gasteiger partial charge in [0.05, 0.1) is 6.61 Å². The first-order valence-electron chi connectivity index (χ1n) is 18.0. The molecule has 2 saturated carbocycles. The van der Waals surface area contributed by atoms with Crippen LogP contribution in [0.15, 0.2) is 11.3 Å². The van der Waals surface area contributed by atoms with Crippen molar-refractivity contribution in [3.05, 3.63) is 11.3 Å². The highest BCUT2D eigenvalue weighted by Crippen LogP contribution is 2.65. The van der Waals surface area contributed by atoms with E-state index in [2.05, 4.69) is 12.2 Å². The summed E-state index contributed by atoms with van der Waals surface area (Å²) in [6, 6.07) is 0. The van der Waals surface area contributed by atoms with Gasteiger partial charge in [0.15, 0.2) is 17.5 Å². The van der Waals surface area contributed by atoms with Gasteiger partial charge >= 0.3 is 12.4 Å². The number of allylic oxidation sites excluding steroid dienone is 1. The van der Waals surface area contributed by atoms with E-state index in [0.717, 1.165) is 0 Å². The Hall–Kier alpha value is -1.24. The van der Waals surface area contributed by atoms with Gasteiger partial charge in [-0.15, -0.1) is 0 Å². The second kappa shape index (κ2) is 11.6. The molecule has 9 fully saturated rings. The van der Waals surface area contributed by atoms with Crippen LogP contribution in [0.4, 0.5) is 26.3 Å². The summed E-state index contributed by atoms with van der Waals surface area (Å²) in [5, 5.41) is 2.92. The molecule has 0 aromatic carbocycles. The van der Waals surface area contributed by atoms with Gasteiger partial charge in [-0.05, 0) is 75.7 Å². The fraction of sp³-hybridized carbons (Fsp3) is 0.941. The Morgan fingerprint density at radius 2 is 1.32 bits per heavy atom. The van der Waals surface area contributed by atoms with Crippen molar-refractivity contribution >= 4 is 0 Å². The molecule has 1 N–H and O–H groups in total. The average molecular weight is 728 g/mol. The number of hydrogen-bond donors (Lipinski definition) is 1. The molecule has 4 unspecified atom stereocenters. The lowest BCUT2D eigenvalue weighted by Crippen LogP contribution is -2.76. The topological polar surface area (TPSA) is 95.1 Å². The van der Waals surface area contributed by atoms with Crippen molar-refractivity contribution in [1.82, 2.24) is 5.32 Å². The Morgan fingerprint density at radius 3 is 1.96 bits per heavy atom. The van der Waals surface area contributed by atoms with Crippen LogP contribution in [-0.2, 0) is 43.2 Å². The summed E-state index contributed by atoms with van der Waals surface area (Å²) in [7, 11) is 0. The average Bonchev–Trinajstić information content (AvgIpc) is 3.41. The Morgan fingerprint density at radius 1 is 0.720 bits per heavy atom. The summed E-state index contributed by atoms with van der Waals surface area (Å²) in [6.07, 6.45) is -8.28. The Balaban J connectivity index is 1.03. The van der Waals surface area contributed by atoms with E-state index >= 15 is 13.2 Å². The maximum atomic E-state index is 15.2. The predicted octanol–water partition coefficient (Wildman–Crippen LogP) is 6.80. The van der Waals surface area contributed by atoms with Gasteiger partial charge in [-0.2, -0.15) is 26.3 Å². The maximum absolute atomic E-state index is 15.2. The van der Waals surface area contributed by atoms with Gasteiger partial charge in [-0.1, -0.05) is 20.8 Å². The standard InChI is InChI=1S/C34H47F6NO9/c1-17-6-8-23-19(3)32(34(38,39)40,46-27-30(23)21(17)10-13-29(5,45-27)48-49-30)42-15-14-41-16-20-24-9-7-18(2)22-11-12-28(4)44-26(31(22,24)50-47-28)43-25(20)33(35,36)37/h17-19,21-24,26-27,41H,6-16H2,1-5H3/t17-,18-,19-,21?,22?,23+,24+,26-,27+,28+,29+,30?,31?,32-/m1/s1. The molecule has 16 heteroatoms. The van der Waals surface area contributed by atoms with Crippen LogP contribution >= 0.6 is 0 Å². The van der Waals surface area contributed by atoms with Crippen LogP contribution < -0.4 is 5.32 Å². The Bertz CT molecular complexity index is 1380. The van der Waals surface area contributed by atoms with E-state index in [1.54, 1.807) is 13.8 Å². The van der Waals surface area contributed by atoms with Gasteiger partial charge in [0.2, 0.25) is 23.6 Å². The SMILES string of the molecule is C[C@@H]1CC[C@H]2C(CNCCO[C@@]3(C(F)(F)F)O[C@@H]4O[C@]5(C)CCC6[C@H](C)CC[C@@H]([C@H]3C)C64OO5)=C(C(F)(F)F)O[C@@H]3O[C@]4(C)CCC1C32OO4. The number of ether oxygens (including phenoxy) is 5. The lowest BCUT2D eigenvalue weighted by atomic mass is 9.57. The second-order valence-electron chi connectivity index (χ2n) is 16.3. The van der Waals surface area contributed by atoms with E-state index in [-0.39, 0.29) is 42.3 Å². The van der Waals surface area contributed by atoms with E-state index in [1.807, 2.05) is 6.92 Å². The molecule has 0 radical (unpaired) electrons.